The summed E-state index contributed by atoms with van der Waals surface area (Å²) in [6.07, 6.45) is 6.52. The molecule has 3 rings (SSSR count). The van der Waals surface area contributed by atoms with Gasteiger partial charge in [0.05, 0.1) is 30.8 Å². The van der Waals surface area contributed by atoms with Crippen LogP contribution in [0.25, 0.3) is 0 Å². The number of hydrogen-bond donors (Lipinski definition) is 1. The van der Waals surface area contributed by atoms with Gasteiger partial charge in [-0.25, -0.2) is 9.78 Å². The minimum absolute atomic E-state index is 0.00740. The van der Waals surface area contributed by atoms with E-state index in [0.717, 1.165) is 30.9 Å². The van der Waals surface area contributed by atoms with E-state index < -0.39 is 0 Å². The van der Waals surface area contributed by atoms with E-state index in [0.29, 0.717) is 19.5 Å². The van der Waals surface area contributed by atoms with Crippen molar-refractivity contribution in [2.24, 2.45) is 0 Å². The summed E-state index contributed by atoms with van der Waals surface area (Å²) in [7, 11) is 3.52. The van der Waals surface area contributed by atoms with Crippen molar-refractivity contribution in [2.75, 3.05) is 20.6 Å². The van der Waals surface area contributed by atoms with E-state index in [2.05, 4.69) is 15.4 Å². The van der Waals surface area contributed by atoms with Crippen LogP contribution in [0.5, 0.6) is 0 Å². The Bertz CT molecular complexity index is 782. The molecule has 1 atom stereocenters. The second-order valence-electron chi connectivity index (χ2n) is 7.14. The van der Waals surface area contributed by atoms with Gasteiger partial charge in [0.1, 0.15) is 0 Å². The lowest BCUT2D eigenvalue weighted by Crippen LogP contribution is -2.38. The van der Waals surface area contributed by atoms with E-state index in [1.165, 1.54) is 0 Å². The first kappa shape index (κ1) is 18.9. The number of amides is 3. The van der Waals surface area contributed by atoms with Gasteiger partial charge in [-0.2, -0.15) is 5.10 Å². The number of carbonyl (C=O) groups excluding carboxylic acids is 2. The van der Waals surface area contributed by atoms with Crippen LogP contribution in [0.4, 0.5) is 4.79 Å². The van der Waals surface area contributed by atoms with Crippen LogP contribution in [0.3, 0.4) is 0 Å². The van der Waals surface area contributed by atoms with Crippen molar-refractivity contribution < 1.29 is 9.59 Å². The Labute approximate surface area is 159 Å². The highest BCUT2D eigenvalue weighted by molar-refractivity contribution is 5.76. The maximum Gasteiger partial charge on any atom is 0.319 e. The second kappa shape index (κ2) is 8.24. The molecule has 0 saturated carbocycles. The largest absolute Gasteiger partial charge is 0.350 e. The molecule has 27 heavy (non-hydrogen) atoms. The SMILES string of the molecule is C[C@H](CC(=O)NCc1cc2n(n1)CCCN(C(=O)N(C)C)C2)n1ccnc1. The molecule has 1 aliphatic heterocycles. The van der Waals surface area contributed by atoms with Gasteiger partial charge in [0.2, 0.25) is 5.91 Å². The molecule has 2 aromatic rings. The molecule has 0 unspecified atom stereocenters. The average molecular weight is 373 g/mol. The van der Waals surface area contributed by atoms with Crippen LogP contribution in [0.15, 0.2) is 24.8 Å². The fraction of sp³-hybridized carbons (Fsp3) is 0.556. The number of nitrogens with zero attached hydrogens (tertiary/aromatic N) is 6. The number of nitrogens with one attached hydrogen (secondary N) is 1. The number of fused-ring (bicyclic) bond motifs is 1. The maximum absolute atomic E-state index is 12.2. The van der Waals surface area contributed by atoms with Crippen LogP contribution >= 0.6 is 0 Å². The first-order valence-corrected chi connectivity index (χ1v) is 9.20. The molecule has 0 aromatic carbocycles. The Balaban J connectivity index is 1.56. The average Bonchev–Trinajstić information content (AvgIpc) is 3.25. The fourth-order valence-electron chi connectivity index (χ4n) is 3.22. The third-order valence-electron chi connectivity index (χ3n) is 4.70. The number of hydrogen-bond acceptors (Lipinski definition) is 4. The van der Waals surface area contributed by atoms with E-state index in [1.807, 2.05) is 33.3 Å². The zero-order chi connectivity index (χ0) is 19.4. The molecular weight excluding hydrogens is 346 g/mol. The molecule has 0 bridgehead atoms. The molecule has 3 amide bonds. The molecule has 0 saturated heterocycles. The maximum atomic E-state index is 12.2. The van der Waals surface area contributed by atoms with Crippen LogP contribution in [0, 0.1) is 0 Å². The molecule has 1 aliphatic rings. The van der Waals surface area contributed by atoms with Gasteiger partial charge >= 0.3 is 6.03 Å². The van der Waals surface area contributed by atoms with Crippen molar-refractivity contribution in [3.8, 4) is 0 Å². The molecule has 0 spiro atoms. The van der Waals surface area contributed by atoms with Crippen molar-refractivity contribution >= 4 is 11.9 Å². The number of aromatic nitrogens is 4. The van der Waals surface area contributed by atoms with E-state index >= 15 is 0 Å². The molecule has 146 valence electrons. The van der Waals surface area contributed by atoms with Gasteiger partial charge in [0, 0.05) is 52.0 Å². The highest BCUT2D eigenvalue weighted by atomic mass is 16.2. The van der Waals surface area contributed by atoms with Crippen LogP contribution in [-0.2, 0) is 24.4 Å². The highest BCUT2D eigenvalue weighted by Gasteiger charge is 2.21. The Hall–Kier alpha value is -2.84. The van der Waals surface area contributed by atoms with E-state index in [-0.39, 0.29) is 18.0 Å². The standard InChI is InChI=1S/C18H27N7O2/c1-14(24-8-5-19-13-24)9-17(26)20-11-15-10-16-12-23(18(27)22(2)3)6-4-7-25(16)21-15/h5,8,10,13-14H,4,6-7,9,11-12H2,1-3H3,(H,20,26)/t14-/m1/s1. The number of urea groups is 1. The van der Waals surface area contributed by atoms with Crippen molar-refractivity contribution in [1.82, 2.24) is 34.4 Å². The summed E-state index contributed by atoms with van der Waals surface area (Å²) < 4.78 is 3.85. The Kier molecular flexibility index (Phi) is 5.78. The Morgan fingerprint density at radius 3 is 2.85 bits per heavy atom. The molecule has 0 aliphatic carbocycles. The van der Waals surface area contributed by atoms with Crippen LogP contribution in [0.2, 0.25) is 0 Å². The van der Waals surface area contributed by atoms with Gasteiger partial charge < -0.3 is 19.7 Å². The number of aryl methyl sites for hydroxylation is 1. The molecule has 3 heterocycles. The van der Waals surface area contributed by atoms with E-state index in [9.17, 15) is 9.59 Å². The smallest absolute Gasteiger partial charge is 0.319 e. The Morgan fingerprint density at radius 1 is 1.33 bits per heavy atom. The summed E-state index contributed by atoms with van der Waals surface area (Å²) in [6, 6.07) is 2.03. The minimum atomic E-state index is -0.0243. The minimum Gasteiger partial charge on any atom is -0.350 e. The van der Waals surface area contributed by atoms with Crippen molar-refractivity contribution in [3.05, 3.63) is 36.2 Å². The molecule has 1 N–H and O–H groups in total. The van der Waals surface area contributed by atoms with Crippen molar-refractivity contribution in [2.45, 2.75) is 45.4 Å². The molecule has 2 aromatic heterocycles. The number of carbonyl (C=O) groups is 2. The fourth-order valence-corrected chi connectivity index (χ4v) is 3.22. The summed E-state index contributed by atoms with van der Waals surface area (Å²) in [5.41, 5.74) is 1.81. The van der Waals surface area contributed by atoms with Crippen LogP contribution in [0.1, 0.15) is 37.2 Å². The normalized spacial score (nSPS) is 15.0. The Morgan fingerprint density at radius 2 is 2.15 bits per heavy atom. The highest BCUT2D eigenvalue weighted by Crippen LogP contribution is 2.15. The van der Waals surface area contributed by atoms with Gasteiger partial charge in [-0.3, -0.25) is 9.48 Å². The van der Waals surface area contributed by atoms with Gasteiger partial charge in [-0.15, -0.1) is 0 Å². The first-order chi connectivity index (χ1) is 12.9. The van der Waals surface area contributed by atoms with Crippen molar-refractivity contribution in [1.29, 1.82) is 0 Å². The molecule has 0 radical (unpaired) electrons. The van der Waals surface area contributed by atoms with Gasteiger partial charge in [0.25, 0.3) is 0 Å². The van der Waals surface area contributed by atoms with Crippen molar-refractivity contribution in [3.63, 3.8) is 0 Å². The van der Waals surface area contributed by atoms with Crippen LogP contribution in [-0.4, -0.2) is 61.7 Å². The van der Waals surface area contributed by atoms with Gasteiger partial charge in [-0.1, -0.05) is 0 Å². The molecule has 0 fully saturated rings. The molecule has 9 nitrogen and oxygen atoms in total. The zero-order valence-electron chi connectivity index (χ0n) is 16.1. The van der Waals surface area contributed by atoms with E-state index in [1.54, 1.807) is 31.5 Å². The predicted octanol–water partition coefficient (Wildman–Crippen LogP) is 1.23. The topological polar surface area (TPSA) is 88.3 Å². The quantitative estimate of drug-likeness (QED) is 0.854. The predicted molar refractivity (Wildman–Crippen MR) is 99.7 cm³/mol. The number of imidazole rings is 1. The van der Waals surface area contributed by atoms with Gasteiger partial charge in [0.15, 0.2) is 0 Å². The summed E-state index contributed by atoms with van der Waals surface area (Å²) in [6.45, 7) is 4.40. The lowest BCUT2D eigenvalue weighted by molar-refractivity contribution is -0.121. The summed E-state index contributed by atoms with van der Waals surface area (Å²) >= 11 is 0. The summed E-state index contributed by atoms with van der Waals surface area (Å²) in [5, 5.41) is 7.52. The summed E-state index contributed by atoms with van der Waals surface area (Å²) in [4.78, 5) is 31.9. The van der Waals surface area contributed by atoms with Crippen LogP contribution < -0.4 is 5.32 Å². The summed E-state index contributed by atoms with van der Waals surface area (Å²) in [5.74, 6) is -0.0243. The first-order valence-electron chi connectivity index (χ1n) is 9.20. The van der Waals surface area contributed by atoms with Gasteiger partial charge in [-0.05, 0) is 19.4 Å². The number of rotatable bonds is 5. The zero-order valence-corrected chi connectivity index (χ0v) is 16.1. The third-order valence-corrected chi connectivity index (χ3v) is 4.70. The monoisotopic (exact) mass is 373 g/mol. The van der Waals surface area contributed by atoms with E-state index in [4.69, 9.17) is 0 Å². The molecular formula is C18H27N7O2. The lowest BCUT2D eigenvalue weighted by Gasteiger charge is -2.23. The second-order valence-corrected chi connectivity index (χ2v) is 7.14. The lowest BCUT2D eigenvalue weighted by atomic mass is 10.2. The molecule has 9 heteroatoms. The third kappa shape index (κ3) is 4.66.